The van der Waals surface area contributed by atoms with Gasteiger partial charge >= 0.3 is 0 Å². The minimum Gasteiger partial charge on any atom is -0.367 e. The smallest absolute Gasteiger partial charge is 0.232 e. The summed E-state index contributed by atoms with van der Waals surface area (Å²) in [5.41, 5.74) is -1.06. The van der Waals surface area contributed by atoms with Crippen LogP contribution in [0.25, 0.3) is 0 Å². The SMILES string of the molecule is CC1(C)CC2(C=C(C#N)C1=O)CN(C(=O)C(C)(C)c1ccccc1)CCO2. The zero-order valence-electron chi connectivity index (χ0n) is 16.4. The first-order valence-corrected chi connectivity index (χ1v) is 9.28. The van der Waals surface area contributed by atoms with Crippen molar-refractivity contribution in [3.05, 3.63) is 47.5 Å². The van der Waals surface area contributed by atoms with Crippen molar-refractivity contribution in [2.75, 3.05) is 19.7 Å². The lowest BCUT2D eigenvalue weighted by Crippen LogP contribution is -2.59. The summed E-state index contributed by atoms with van der Waals surface area (Å²) < 4.78 is 6.05. The van der Waals surface area contributed by atoms with E-state index in [0.29, 0.717) is 26.1 Å². The van der Waals surface area contributed by atoms with E-state index in [4.69, 9.17) is 4.74 Å². The van der Waals surface area contributed by atoms with Gasteiger partial charge in [0.05, 0.1) is 24.1 Å². The molecule has 1 aliphatic heterocycles. The van der Waals surface area contributed by atoms with Crippen LogP contribution in [0.15, 0.2) is 42.0 Å². The third-order valence-corrected chi connectivity index (χ3v) is 5.65. The summed E-state index contributed by atoms with van der Waals surface area (Å²) in [7, 11) is 0. The molecule has 1 aliphatic carbocycles. The highest BCUT2D eigenvalue weighted by Gasteiger charge is 2.49. The van der Waals surface area contributed by atoms with Gasteiger partial charge in [-0.2, -0.15) is 5.26 Å². The van der Waals surface area contributed by atoms with Crippen molar-refractivity contribution >= 4 is 11.7 Å². The van der Waals surface area contributed by atoms with E-state index in [1.807, 2.05) is 69.0 Å². The van der Waals surface area contributed by atoms with E-state index in [9.17, 15) is 14.9 Å². The fraction of sp³-hybridized carbons (Fsp3) is 0.500. The van der Waals surface area contributed by atoms with Crippen LogP contribution in [0.2, 0.25) is 0 Å². The average molecular weight is 366 g/mol. The maximum absolute atomic E-state index is 13.3. The van der Waals surface area contributed by atoms with Crippen molar-refractivity contribution in [1.29, 1.82) is 5.26 Å². The van der Waals surface area contributed by atoms with Crippen molar-refractivity contribution in [3.63, 3.8) is 0 Å². The van der Waals surface area contributed by atoms with E-state index in [-0.39, 0.29) is 17.3 Å². The number of ether oxygens (including phenoxy) is 1. The molecular weight excluding hydrogens is 340 g/mol. The summed E-state index contributed by atoms with van der Waals surface area (Å²) in [4.78, 5) is 27.6. The van der Waals surface area contributed by atoms with Gasteiger partial charge in [-0.1, -0.05) is 44.2 Å². The van der Waals surface area contributed by atoms with Gasteiger partial charge in [-0.05, 0) is 31.9 Å². The molecule has 0 saturated carbocycles. The molecule has 1 aromatic rings. The number of benzene rings is 1. The summed E-state index contributed by atoms with van der Waals surface area (Å²) in [5, 5.41) is 9.39. The van der Waals surface area contributed by atoms with Crippen molar-refractivity contribution in [3.8, 4) is 6.07 Å². The van der Waals surface area contributed by atoms with Gasteiger partial charge in [0.25, 0.3) is 0 Å². The van der Waals surface area contributed by atoms with E-state index >= 15 is 0 Å². The van der Waals surface area contributed by atoms with Gasteiger partial charge in [-0.15, -0.1) is 0 Å². The first-order valence-electron chi connectivity index (χ1n) is 9.28. The quantitative estimate of drug-likeness (QED) is 0.807. The van der Waals surface area contributed by atoms with Crippen LogP contribution in [0.4, 0.5) is 0 Å². The highest BCUT2D eigenvalue weighted by atomic mass is 16.5. The number of carbonyl (C=O) groups excluding carboxylic acids is 2. The number of Topliss-reactive ketones (excluding diaryl/α,β-unsaturated/α-hetero) is 1. The van der Waals surface area contributed by atoms with Crippen molar-refractivity contribution in [2.45, 2.75) is 45.1 Å². The summed E-state index contributed by atoms with van der Waals surface area (Å²) in [6.45, 7) is 8.76. The zero-order chi connectivity index (χ0) is 19.9. The Morgan fingerprint density at radius 1 is 1.26 bits per heavy atom. The molecule has 0 radical (unpaired) electrons. The molecule has 0 bridgehead atoms. The Bertz CT molecular complexity index is 833. The summed E-state index contributed by atoms with van der Waals surface area (Å²) >= 11 is 0. The number of morpholine rings is 1. The standard InChI is InChI=1S/C22H26N2O3/c1-20(2)14-22(12-16(13-23)18(20)25)15-24(10-11-27-22)19(26)21(3,4)17-8-6-5-7-9-17/h5-9,12H,10-11,14-15H2,1-4H3. The van der Waals surface area contributed by atoms with Gasteiger partial charge in [0, 0.05) is 12.0 Å². The zero-order valence-corrected chi connectivity index (χ0v) is 16.4. The lowest BCUT2D eigenvalue weighted by atomic mass is 9.69. The normalized spacial score (nSPS) is 25.1. The van der Waals surface area contributed by atoms with Gasteiger partial charge < -0.3 is 9.64 Å². The first kappa shape index (κ1) is 19.3. The first-order chi connectivity index (χ1) is 12.6. The highest BCUT2D eigenvalue weighted by molar-refractivity contribution is 6.04. The van der Waals surface area contributed by atoms with Crippen LogP contribution in [0.3, 0.4) is 0 Å². The molecule has 3 rings (SSSR count). The average Bonchev–Trinajstić information content (AvgIpc) is 2.64. The Morgan fingerprint density at radius 2 is 1.93 bits per heavy atom. The summed E-state index contributed by atoms with van der Waals surface area (Å²) in [6, 6.07) is 11.7. The molecule has 1 fully saturated rings. The maximum atomic E-state index is 13.3. The number of hydrogen-bond donors (Lipinski definition) is 0. The van der Waals surface area contributed by atoms with E-state index in [2.05, 4.69) is 0 Å². The van der Waals surface area contributed by atoms with Crippen LogP contribution >= 0.6 is 0 Å². The molecule has 5 heteroatoms. The molecule has 1 unspecified atom stereocenters. The number of ketones is 1. The Labute approximate surface area is 160 Å². The van der Waals surface area contributed by atoms with E-state index in [0.717, 1.165) is 5.56 Å². The molecule has 1 heterocycles. The molecule has 0 aromatic heterocycles. The van der Waals surface area contributed by atoms with Crippen LogP contribution < -0.4 is 0 Å². The van der Waals surface area contributed by atoms with Crippen LogP contribution in [0.5, 0.6) is 0 Å². The molecule has 1 amide bonds. The van der Waals surface area contributed by atoms with Crippen molar-refractivity contribution in [1.82, 2.24) is 4.90 Å². The molecule has 2 aliphatic rings. The third kappa shape index (κ3) is 3.42. The monoisotopic (exact) mass is 366 g/mol. The Hall–Kier alpha value is -2.45. The van der Waals surface area contributed by atoms with Gasteiger partial charge in [-0.25, -0.2) is 0 Å². The minimum atomic E-state index is -0.789. The van der Waals surface area contributed by atoms with E-state index in [1.165, 1.54) is 0 Å². The van der Waals surface area contributed by atoms with E-state index in [1.54, 1.807) is 6.08 Å². The summed E-state index contributed by atoms with van der Waals surface area (Å²) in [5.74, 6) is -0.134. The van der Waals surface area contributed by atoms with Crippen LogP contribution in [0.1, 0.15) is 39.7 Å². The largest absolute Gasteiger partial charge is 0.367 e. The second kappa shape index (κ2) is 6.61. The molecule has 1 atom stereocenters. The lowest BCUT2D eigenvalue weighted by molar-refractivity contribution is -0.155. The minimum absolute atomic E-state index is 0.0259. The second-order valence-corrected chi connectivity index (χ2v) is 8.69. The number of nitriles is 1. The number of carbonyl (C=O) groups is 2. The third-order valence-electron chi connectivity index (χ3n) is 5.65. The molecule has 1 aromatic carbocycles. The van der Waals surface area contributed by atoms with Crippen LogP contribution in [-0.4, -0.2) is 41.9 Å². The fourth-order valence-electron chi connectivity index (χ4n) is 4.20. The second-order valence-electron chi connectivity index (χ2n) is 8.69. The predicted molar refractivity (Wildman–Crippen MR) is 102 cm³/mol. The molecule has 0 N–H and O–H groups in total. The molecule has 1 spiro atoms. The Kier molecular flexibility index (Phi) is 4.73. The molecule has 5 nitrogen and oxygen atoms in total. The van der Waals surface area contributed by atoms with Crippen LogP contribution in [0, 0.1) is 16.7 Å². The summed E-state index contributed by atoms with van der Waals surface area (Å²) in [6.07, 6.45) is 2.09. The molecule has 142 valence electrons. The number of nitrogens with zero attached hydrogens (tertiary/aromatic N) is 2. The number of rotatable bonds is 2. The Balaban J connectivity index is 1.90. The number of allylic oxidation sites excluding steroid dienone is 1. The van der Waals surface area contributed by atoms with E-state index < -0.39 is 16.4 Å². The molecular formula is C22H26N2O3. The van der Waals surface area contributed by atoms with Crippen LogP contribution in [-0.2, 0) is 19.7 Å². The predicted octanol–water partition coefficient (Wildman–Crippen LogP) is 3.01. The van der Waals surface area contributed by atoms with Gasteiger partial charge in [-0.3, -0.25) is 9.59 Å². The fourth-order valence-corrected chi connectivity index (χ4v) is 4.20. The maximum Gasteiger partial charge on any atom is 0.232 e. The number of hydrogen-bond acceptors (Lipinski definition) is 4. The highest BCUT2D eigenvalue weighted by Crippen LogP contribution is 2.41. The van der Waals surface area contributed by atoms with Crippen molar-refractivity contribution in [2.24, 2.45) is 5.41 Å². The van der Waals surface area contributed by atoms with Gasteiger partial charge in [0.2, 0.25) is 5.91 Å². The molecule has 1 saturated heterocycles. The lowest BCUT2D eigenvalue weighted by Gasteiger charge is -2.47. The Morgan fingerprint density at radius 3 is 2.56 bits per heavy atom. The molecule has 27 heavy (non-hydrogen) atoms. The number of amides is 1. The van der Waals surface area contributed by atoms with Gasteiger partial charge in [0.1, 0.15) is 11.7 Å². The van der Waals surface area contributed by atoms with Gasteiger partial charge in [0.15, 0.2) is 5.78 Å². The van der Waals surface area contributed by atoms with Crippen molar-refractivity contribution < 1.29 is 14.3 Å². The topological polar surface area (TPSA) is 70.4 Å².